The zero-order valence-electron chi connectivity index (χ0n) is 57.4. The van der Waals surface area contributed by atoms with Crippen molar-refractivity contribution in [1.29, 1.82) is 0 Å². The van der Waals surface area contributed by atoms with Gasteiger partial charge in [0.1, 0.15) is 73.2 Å². The number of hydrogen-bond donors (Lipinski definition) is 12. The molecule has 3 aliphatic heterocycles. The van der Waals surface area contributed by atoms with Gasteiger partial charge >= 0.3 is 0 Å². The zero-order chi connectivity index (χ0) is 68.2. The lowest BCUT2D eigenvalue weighted by Gasteiger charge is -2.48. The third-order valence-electron chi connectivity index (χ3n) is 17.6. The number of aliphatic hydroxyl groups is 11. The Morgan fingerprint density at radius 3 is 1.15 bits per heavy atom. The minimum atomic E-state index is -1.98. The van der Waals surface area contributed by atoms with E-state index in [1.807, 2.05) is 6.08 Å². The molecular weight excluding hydrogens is 1200 g/mol. The van der Waals surface area contributed by atoms with Gasteiger partial charge in [-0.2, -0.15) is 0 Å². The predicted octanol–water partition coefficient (Wildman–Crippen LogP) is 10.4. The van der Waals surface area contributed by atoms with Gasteiger partial charge in [-0.05, 0) is 77.0 Å². The van der Waals surface area contributed by atoms with Crippen LogP contribution in [0.4, 0.5) is 0 Å². The molecule has 3 fully saturated rings. The molecule has 0 spiro atoms. The van der Waals surface area contributed by atoms with Gasteiger partial charge in [-0.15, -0.1) is 0 Å². The molecule has 12 N–H and O–H groups in total. The van der Waals surface area contributed by atoms with E-state index in [9.17, 15) is 61.0 Å². The summed E-state index contributed by atoms with van der Waals surface area (Å²) < 4.78 is 34.3. The van der Waals surface area contributed by atoms with E-state index in [0.29, 0.717) is 6.42 Å². The van der Waals surface area contributed by atoms with Gasteiger partial charge in [-0.3, -0.25) is 4.79 Å². The van der Waals surface area contributed by atoms with Crippen LogP contribution in [0.2, 0.25) is 0 Å². The first-order chi connectivity index (χ1) is 45.8. The van der Waals surface area contributed by atoms with Gasteiger partial charge in [0.05, 0.1) is 38.6 Å². The fraction of sp³-hybridized carbons (Fsp3) is 0.773. The third-order valence-corrected chi connectivity index (χ3v) is 17.6. The monoisotopic (exact) mass is 1330 g/mol. The summed E-state index contributed by atoms with van der Waals surface area (Å²) in [5.74, 6) is -0.279. The van der Waals surface area contributed by atoms with Crippen molar-refractivity contribution in [3.05, 3.63) is 97.2 Å². The molecule has 0 bridgehead atoms. The molecule has 3 rings (SSSR count). The molecule has 0 aromatic rings. The number of aliphatic hydroxyl groups excluding tert-OH is 11. The Morgan fingerprint density at radius 1 is 0.394 bits per heavy atom. The molecule has 0 radical (unpaired) electrons. The van der Waals surface area contributed by atoms with E-state index in [0.717, 1.165) is 89.9 Å². The minimum Gasteiger partial charge on any atom is -0.394 e. The number of amides is 1. The molecule has 0 aromatic carbocycles. The lowest BCUT2D eigenvalue weighted by Crippen LogP contribution is -2.66. The van der Waals surface area contributed by atoms with E-state index in [4.69, 9.17) is 28.4 Å². The fourth-order valence-corrected chi connectivity index (χ4v) is 11.8. The average molecular weight is 1330 g/mol. The van der Waals surface area contributed by atoms with E-state index in [2.05, 4.69) is 104 Å². The Balaban J connectivity index is 1.29. The second-order valence-corrected chi connectivity index (χ2v) is 25.7. The van der Waals surface area contributed by atoms with Crippen LogP contribution in [-0.2, 0) is 33.2 Å². The summed E-state index contributed by atoms with van der Waals surface area (Å²) in [5, 5.41) is 120. The lowest BCUT2D eigenvalue weighted by molar-refractivity contribution is -0.379. The maximum Gasteiger partial charge on any atom is 0.220 e. The third kappa shape index (κ3) is 36.5. The largest absolute Gasteiger partial charge is 0.394 e. The fourth-order valence-electron chi connectivity index (χ4n) is 11.8. The number of hydrogen-bond acceptors (Lipinski definition) is 18. The molecule has 3 heterocycles. The Kier molecular flexibility index (Phi) is 50.2. The minimum absolute atomic E-state index is 0.240. The van der Waals surface area contributed by atoms with E-state index < -0.39 is 124 Å². The number of rotatable bonds is 55. The van der Waals surface area contributed by atoms with Crippen LogP contribution in [0.25, 0.3) is 0 Å². The van der Waals surface area contributed by atoms with Crippen molar-refractivity contribution in [3.63, 3.8) is 0 Å². The van der Waals surface area contributed by atoms with Crippen molar-refractivity contribution in [1.82, 2.24) is 5.32 Å². The van der Waals surface area contributed by atoms with Crippen molar-refractivity contribution >= 4 is 5.91 Å². The predicted molar refractivity (Wildman–Crippen MR) is 369 cm³/mol. The molecular formula is C75H129NO18. The number of carbonyl (C=O) groups excluding carboxylic acids is 1. The molecule has 0 aromatic heterocycles. The first-order valence-corrected chi connectivity index (χ1v) is 36.5. The maximum absolute atomic E-state index is 13.4. The van der Waals surface area contributed by atoms with Crippen molar-refractivity contribution < 1.29 is 89.4 Å². The molecule has 3 saturated heterocycles. The summed E-state index contributed by atoms with van der Waals surface area (Å²) >= 11 is 0. The molecule has 0 saturated carbocycles. The average Bonchev–Trinajstić information content (AvgIpc) is 0.788. The molecule has 17 unspecified atom stereocenters. The highest BCUT2D eigenvalue weighted by Crippen LogP contribution is 2.33. The van der Waals surface area contributed by atoms with Crippen LogP contribution >= 0.6 is 0 Å². The van der Waals surface area contributed by atoms with Crippen molar-refractivity contribution in [2.75, 3.05) is 26.4 Å². The maximum atomic E-state index is 13.4. The SMILES string of the molecule is CC/C=C\C/C=C\C/C=C\C/C=C\C/C=C\C/C=C\C/C=C\CCCCCCCCCCCCCCCCCCCC(=O)NC(COC1OC(CO)C(OC2OC(CO)C(OC3OC(CO)C(O)C(O)C3O)C(O)C2O)C(O)C1O)C(O)/C=C/CCCCCCCCCC. The first kappa shape index (κ1) is 84.9. The van der Waals surface area contributed by atoms with E-state index in [1.165, 1.54) is 122 Å². The topological polar surface area (TPSA) is 307 Å². The number of nitrogens with one attached hydrogen (secondary N) is 1. The normalized spacial score (nSPS) is 27.9. The lowest BCUT2D eigenvalue weighted by atomic mass is 9.96. The molecule has 0 aliphatic carbocycles. The van der Waals surface area contributed by atoms with Gasteiger partial charge < -0.3 is 89.9 Å². The summed E-state index contributed by atoms with van der Waals surface area (Å²) in [6.07, 6.45) is 47.1. The van der Waals surface area contributed by atoms with E-state index in [1.54, 1.807) is 6.08 Å². The summed E-state index contributed by atoms with van der Waals surface area (Å²) in [4.78, 5) is 13.4. The van der Waals surface area contributed by atoms with E-state index in [-0.39, 0.29) is 18.9 Å². The molecule has 3 aliphatic rings. The van der Waals surface area contributed by atoms with Crippen LogP contribution in [0.15, 0.2) is 97.2 Å². The molecule has 19 nitrogen and oxygen atoms in total. The molecule has 94 heavy (non-hydrogen) atoms. The second kappa shape index (κ2) is 55.6. The van der Waals surface area contributed by atoms with Crippen molar-refractivity contribution in [3.8, 4) is 0 Å². The Labute approximate surface area is 564 Å². The van der Waals surface area contributed by atoms with Crippen molar-refractivity contribution in [2.24, 2.45) is 0 Å². The Morgan fingerprint density at radius 2 is 0.734 bits per heavy atom. The number of unbranched alkanes of at least 4 members (excludes halogenated alkanes) is 25. The van der Waals surface area contributed by atoms with Crippen molar-refractivity contribution in [2.45, 2.75) is 343 Å². The number of allylic oxidation sites excluding steroid dienone is 15. The number of ether oxygens (including phenoxy) is 6. The van der Waals surface area contributed by atoms with Gasteiger partial charge in [0, 0.05) is 6.42 Å². The van der Waals surface area contributed by atoms with Gasteiger partial charge in [0.2, 0.25) is 5.91 Å². The quantitative estimate of drug-likeness (QED) is 0.0199. The molecule has 19 heteroatoms. The first-order valence-electron chi connectivity index (χ1n) is 36.5. The smallest absolute Gasteiger partial charge is 0.220 e. The van der Waals surface area contributed by atoms with Gasteiger partial charge in [-0.1, -0.05) is 252 Å². The van der Waals surface area contributed by atoms with E-state index >= 15 is 0 Å². The summed E-state index contributed by atoms with van der Waals surface area (Å²) in [6, 6.07) is -0.975. The Bertz CT molecular complexity index is 2080. The Hall–Kier alpha value is -3.29. The van der Waals surface area contributed by atoms with Crippen LogP contribution in [0, 0.1) is 0 Å². The highest BCUT2D eigenvalue weighted by atomic mass is 16.8. The highest BCUT2D eigenvalue weighted by molar-refractivity contribution is 5.76. The van der Waals surface area contributed by atoms with Crippen LogP contribution in [0.3, 0.4) is 0 Å². The standard InChI is InChI=1S/C75H129NO18/c1-3-5-7-9-11-13-15-16-17-18-19-20-21-22-23-24-25-26-27-28-29-30-31-32-33-34-35-36-37-38-39-40-41-42-43-45-47-49-51-53-63(81)76-58(59(80)52-50-48-46-44-14-12-10-8-6-4-2)57-89-73-69(87)66(84)71(61(55-78)91-73)94-75-70(88)67(85)72(62(56-79)92-75)93-74-68(86)65(83)64(82)60(54-77)90-74/h5,7,11,13,16-17,19-20,22-23,25-26,28-29,50,52,58-62,64-75,77-80,82-88H,3-4,6,8-10,12,14-15,18,21,24,27,30-49,51,53-57H2,1-2H3,(H,76,81)/b7-5-,13-11-,17-16-,20-19-,23-22-,26-25-,29-28-,52-50+. The summed E-state index contributed by atoms with van der Waals surface area (Å²) in [6.45, 7) is 1.58. The van der Waals surface area contributed by atoms with Crippen LogP contribution in [0.5, 0.6) is 0 Å². The molecule has 17 atom stereocenters. The highest BCUT2D eigenvalue weighted by Gasteiger charge is 2.53. The zero-order valence-corrected chi connectivity index (χ0v) is 57.4. The van der Waals surface area contributed by atoms with Gasteiger partial charge in [0.15, 0.2) is 18.9 Å². The number of carbonyl (C=O) groups is 1. The van der Waals surface area contributed by atoms with Crippen LogP contribution in [0.1, 0.15) is 239 Å². The molecule has 542 valence electrons. The summed E-state index contributed by atoms with van der Waals surface area (Å²) in [5.41, 5.74) is 0. The van der Waals surface area contributed by atoms with Gasteiger partial charge in [-0.25, -0.2) is 0 Å². The van der Waals surface area contributed by atoms with Gasteiger partial charge in [0.25, 0.3) is 0 Å². The van der Waals surface area contributed by atoms with Crippen LogP contribution < -0.4 is 5.32 Å². The summed E-state index contributed by atoms with van der Waals surface area (Å²) in [7, 11) is 0. The second-order valence-electron chi connectivity index (χ2n) is 25.7. The van der Waals surface area contributed by atoms with Crippen LogP contribution in [-0.4, -0.2) is 193 Å². The molecule has 1 amide bonds.